The fourth-order valence-corrected chi connectivity index (χ4v) is 3.00. The van der Waals surface area contributed by atoms with Crippen molar-refractivity contribution in [3.05, 3.63) is 0 Å². The second-order valence-corrected chi connectivity index (χ2v) is 7.06. The second kappa shape index (κ2) is 17.8. The monoisotopic (exact) mass is 326 g/mol. The third-order valence-corrected chi connectivity index (χ3v) is 4.65. The Morgan fingerprint density at radius 2 is 1.22 bits per heavy atom. The number of carbonyl (C=O) groups excluding carboxylic acids is 1. The molecule has 1 unspecified atom stereocenters. The Morgan fingerprint density at radius 1 is 0.696 bits per heavy atom. The molecule has 0 heterocycles. The van der Waals surface area contributed by atoms with Gasteiger partial charge in [-0.1, -0.05) is 91.4 Å². The van der Waals surface area contributed by atoms with Crippen LogP contribution in [0.4, 0.5) is 0 Å². The van der Waals surface area contributed by atoms with Gasteiger partial charge in [0.2, 0.25) is 0 Å². The van der Waals surface area contributed by atoms with Crippen LogP contribution in [0.15, 0.2) is 0 Å². The Labute approximate surface area is 145 Å². The Morgan fingerprint density at radius 3 is 1.87 bits per heavy atom. The van der Waals surface area contributed by atoms with E-state index in [1.54, 1.807) is 0 Å². The van der Waals surface area contributed by atoms with E-state index in [2.05, 4.69) is 20.8 Å². The fourth-order valence-electron chi connectivity index (χ4n) is 3.00. The van der Waals surface area contributed by atoms with Crippen molar-refractivity contribution in [2.45, 2.75) is 117 Å². The maximum atomic E-state index is 11.9. The zero-order valence-corrected chi connectivity index (χ0v) is 16.2. The molecule has 0 spiro atoms. The van der Waals surface area contributed by atoms with E-state index in [1.165, 1.54) is 83.5 Å². The highest BCUT2D eigenvalue weighted by Gasteiger charge is 2.11. The number of hydrogen-bond donors (Lipinski definition) is 0. The standard InChI is InChI=1S/C21H42O2/c1-4-7-10-12-13-15-18-21(22)23-19-20(16-9-6-3)17-14-11-8-5-2/h20H,4-19H2,1-3H3. The number of unbranched alkanes of at least 4 members (excludes halogenated alkanes) is 9. The van der Waals surface area contributed by atoms with Gasteiger partial charge in [-0.3, -0.25) is 4.79 Å². The molecule has 0 radical (unpaired) electrons. The lowest BCUT2D eigenvalue weighted by molar-refractivity contribution is -0.145. The van der Waals surface area contributed by atoms with Crippen molar-refractivity contribution in [2.75, 3.05) is 6.61 Å². The van der Waals surface area contributed by atoms with Crippen LogP contribution in [-0.4, -0.2) is 12.6 Å². The van der Waals surface area contributed by atoms with Gasteiger partial charge in [-0.05, 0) is 25.2 Å². The van der Waals surface area contributed by atoms with E-state index in [0.717, 1.165) is 6.42 Å². The van der Waals surface area contributed by atoms with Crippen molar-refractivity contribution in [3.63, 3.8) is 0 Å². The van der Waals surface area contributed by atoms with Crippen molar-refractivity contribution in [2.24, 2.45) is 5.92 Å². The predicted molar refractivity (Wildman–Crippen MR) is 101 cm³/mol. The van der Waals surface area contributed by atoms with Crippen LogP contribution in [0.25, 0.3) is 0 Å². The lowest BCUT2D eigenvalue weighted by Gasteiger charge is -2.16. The first-order valence-corrected chi connectivity index (χ1v) is 10.4. The quantitative estimate of drug-likeness (QED) is 0.211. The molecule has 0 rings (SSSR count). The van der Waals surface area contributed by atoms with Crippen LogP contribution in [0, 0.1) is 5.92 Å². The van der Waals surface area contributed by atoms with Gasteiger partial charge in [0.05, 0.1) is 6.61 Å². The maximum Gasteiger partial charge on any atom is 0.305 e. The first kappa shape index (κ1) is 22.5. The highest BCUT2D eigenvalue weighted by molar-refractivity contribution is 5.69. The van der Waals surface area contributed by atoms with E-state index in [-0.39, 0.29) is 5.97 Å². The topological polar surface area (TPSA) is 26.3 Å². The van der Waals surface area contributed by atoms with Gasteiger partial charge in [0.25, 0.3) is 0 Å². The SMILES string of the molecule is CCCCCCCCC(=O)OCC(CCCC)CCCCCC. The highest BCUT2D eigenvalue weighted by atomic mass is 16.5. The zero-order chi connectivity index (χ0) is 17.2. The minimum atomic E-state index is 0.0237. The van der Waals surface area contributed by atoms with Gasteiger partial charge >= 0.3 is 5.97 Å². The molecule has 0 aliphatic heterocycles. The smallest absolute Gasteiger partial charge is 0.305 e. The van der Waals surface area contributed by atoms with Gasteiger partial charge < -0.3 is 4.74 Å². The third kappa shape index (κ3) is 16.1. The summed E-state index contributed by atoms with van der Waals surface area (Å²) in [6, 6.07) is 0. The van der Waals surface area contributed by atoms with Crippen LogP contribution in [-0.2, 0) is 9.53 Å². The number of rotatable bonds is 17. The molecule has 2 nitrogen and oxygen atoms in total. The lowest BCUT2D eigenvalue weighted by Crippen LogP contribution is -2.14. The van der Waals surface area contributed by atoms with Gasteiger partial charge in [-0.15, -0.1) is 0 Å². The van der Waals surface area contributed by atoms with Gasteiger partial charge in [0, 0.05) is 6.42 Å². The molecule has 0 aromatic heterocycles. The van der Waals surface area contributed by atoms with Gasteiger partial charge in [-0.2, -0.15) is 0 Å². The van der Waals surface area contributed by atoms with Crippen molar-refractivity contribution in [1.29, 1.82) is 0 Å². The van der Waals surface area contributed by atoms with Crippen LogP contribution in [0.2, 0.25) is 0 Å². The number of esters is 1. The summed E-state index contributed by atoms with van der Waals surface area (Å²) in [5, 5.41) is 0. The molecule has 0 aliphatic rings. The maximum absolute atomic E-state index is 11.9. The molecule has 0 aromatic rings. The van der Waals surface area contributed by atoms with E-state index in [4.69, 9.17) is 4.74 Å². The highest BCUT2D eigenvalue weighted by Crippen LogP contribution is 2.18. The summed E-state index contributed by atoms with van der Waals surface area (Å²) in [5.41, 5.74) is 0. The largest absolute Gasteiger partial charge is 0.465 e. The molecule has 23 heavy (non-hydrogen) atoms. The number of carbonyl (C=O) groups is 1. The molecule has 0 amide bonds. The van der Waals surface area contributed by atoms with Gasteiger partial charge in [0.1, 0.15) is 0 Å². The summed E-state index contributed by atoms with van der Waals surface area (Å²) >= 11 is 0. The molecule has 2 heteroatoms. The van der Waals surface area contributed by atoms with Crippen LogP contribution in [0.5, 0.6) is 0 Å². The molecular weight excluding hydrogens is 284 g/mol. The van der Waals surface area contributed by atoms with Gasteiger partial charge in [0.15, 0.2) is 0 Å². The van der Waals surface area contributed by atoms with E-state index in [1.807, 2.05) is 0 Å². The van der Waals surface area contributed by atoms with Crippen molar-refractivity contribution >= 4 is 5.97 Å². The molecule has 0 saturated carbocycles. The molecule has 1 atom stereocenters. The Hall–Kier alpha value is -0.530. The molecule has 0 fully saturated rings. The Bertz CT molecular complexity index is 250. The van der Waals surface area contributed by atoms with Crippen LogP contribution in [0.1, 0.15) is 117 Å². The Balaban J connectivity index is 3.73. The third-order valence-electron chi connectivity index (χ3n) is 4.65. The number of ether oxygens (including phenoxy) is 1. The summed E-state index contributed by atoms with van der Waals surface area (Å²) in [4.78, 5) is 11.9. The fraction of sp³-hybridized carbons (Fsp3) is 0.952. The van der Waals surface area contributed by atoms with Crippen molar-refractivity contribution in [3.8, 4) is 0 Å². The van der Waals surface area contributed by atoms with E-state index >= 15 is 0 Å². The lowest BCUT2D eigenvalue weighted by atomic mass is 9.96. The van der Waals surface area contributed by atoms with Crippen LogP contribution >= 0.6 is 0 Å². The van der Waals surface area contributed by atoms with Crippen molar-refractivity contribution < 1.29 is 9.53 Å². The summed E-state index contributed by atoms with van der Waals surface area (Å²) in [6.07, 6.45) is 18.1. The zero-order valence-electron chi connectivity index (χ0n) is 16.2. The summed E-state index contributed by atoms with van der Waals surface area (Å²) in [6.45, 7) is 7.37. The second-order valence-electron chi connectivity index (χ2n) is 7.06. The van der Waals surface area contributed by atoms with E-state index in [9.17, 15) is 4.79 Å². The Kier molecular flexibility index (Phi) is 17.4. The molecule has 0 saturated heterocycles. The van der Waals surface area contributed by atoms with E-state index in [0.29, 0.717) is 18.9 Å². The summed E-state index contributed by atoms with van der Waals surface area (Å²) in [7, 11) is 0. The molecule has 0 aliphatic carbocycles. The summed E-state index contributed by atoms with van der Waals surface area (Å²) in [5.74, 6) is 0.607. The first-order valence-electron chi connectivity index (χ1n) is 10.4. The minimum absolute atomic E-state index is 0.0237. The van der Waals surface area contributed by atoms with Gasteiger partial charge in [-0.25, -0.2) is 0 Å². The molecule has 0 N–H and O–H groups in total. The average Bonchev–Trinajstić information content (AvgIpc) is 2.56. The number of hydrogen-bond acceptors (Lipinski definition) is 2. The predicted octanol–water partition coefficient (Wildman–Crippen LogP) is 7.06. The average molecular weight is 327 g/mol. The minimum Gasteiger partial charge on any atom is -0.465 e. The van der Waals surface area contributed by atoms with E-state index < -0.39 is 0 Å². The van der Waals surface area contributed by atoms with Crippen molar-refractivity contribution in [1.82, 2.24) is 0 Å². The molecule has 0 aromatic carbocycles. The summed E-state index contributed by atoms with van der Waals surface area (Å²) < 4.78 is 5.55. The van der Waals surface area contributed by atoms with Crippen LogP contribution < -0.4 is 0 Å². The van der Waals surface area contributed by atoms with Crippen LogP contribution in [0.3, 0.4) is 0 Å². The normalized spacial score (nSPS) is 12.3. The first-order chi connectivity index (χ1) is 11.2. The molecule has 138 valence electrons. The molecular formula is C21H42O2. The molecule has 0 bridgehead atoms.